The van der Waals surface area contributed by atoms with Crippen LogP contribution in [-0.4, -0.2) is 46.6 Å². The summed E-state index contributed by atoms with van der Waals surface area (Å²) in [6.45, 7) is 2.93. The number of carbonyl (C=O) groups excluding carboxylic acids is 1. The summed E-state index contributed by atoms with van der Waals surface area (Å²) in [5.74, 6) is -0.284. The van der Waals surface area contributed by atoms with Gasteiger partial charge in [-0.25, -0.2) is 9.59 Å². The van der Waals surface area contributed by atoms with Crippen LogP contribution in [0.25, 0.3) is 0 Å². The minimum Gasteiger partial charge on any atom is -0.480 e. The summed E-state index contributed by atoms with van der Waals surface area (Å²) in [4.78, 5) is 25.9. The molecule has 1 rings (SSSR count). The fourth-order valence-electron chi connectivity index (χ4n) is 1.65. The molecule has 0 radical (unpaired) electrons. The molecule has 0 spiro atoms. The lowest BCUT2D eigenvalue weighted by Gasteiger charge is -2.23. The number of carboxylic acid groups (broad SMARTS) is 1. The summed E-state index contributed by atoms with van der Waals surface area (Å²) in [5, 5.41) is 13.7. The van der Waals surface area contributed by atoms with Crippen molar-refractivity contribution in [2.45, 2.75) is 25.9 Å². The molecule has 0 aliphatic rings. The van der Waals surface area contributed by atoms with Gasteiger partial charge in [0.25, 0.3) is 0 Å². The van der Waals surface area contributed by atoms with E-state index < -0.39 is 12.0 Å². The molecule has 20 heavy (non-hydrogen) atoms. The highest BCUT2D eigenvalue weighted by Gasteiger charge is 2.22. The number of carbonyl (C=O) groups is 2. The predicted octanol–water partition coefficient (Wildman–Crippen LogP) is 2.49. The minimum atomic E-state index is -0.987. The van der Waals surface area contributed by atoms with E-state index in [1.54, 1.807) is 28.0 Å². The monoisotopic (exact) mass is 316 g/mol. The maximum absolute atomic E-state index is 12.1. The quantitative estimate of drug-likeness (QED) is 0.773. The molecule has 2 N–H and O–H groups in total. The van der Waals surface area contributed by atoms with Crippen LogP contribution in [0, 0.1) is 0 Å². The van der Waals surface area contributed by atoms with Gasteiger partial charge >= 0.3 is 12.0 Å². The van der Waals surface area contributed by atoms with Crippen LogP contribution in [0.15, 0.2) is 17.5 Å². The summed E-state index contributed by atoms with van der Waals surface area (Å²) in [7, 11) is 0. The average molecular weight is 316 g/mol. The first-order valence-electron chi connectivity index (χ1n) is 6.38. The van der Waals surface area contributed by atoms with Gasteiger partial charge in [0.05, 0.1) is 6.54 Å². The smallest absolute Gasteiger partial charge is 0.326 e. The van der Waals surface area contributed by atoms with E-state index in [9.17, 15) is 9.59 Å². The molecule has 112 valence electrons. The van der Waals surface area contributed by atoms with Gasteiger partial charge in [-0.1, -0.05) is 6.07 Å². The maximum Gasteiger partial charge on any atom is 0.326 e. The number of hydrogen-bond donors (Lipinski definition) is 2. The number of nitrogens with one attached hydrogen (secondary N) is 1. The highest BCUT2D eigenvalue weighted by Crippen LogP contribution is 2.12. The van der Waals surface area contributed by atoms with Crippen molar-refractivity contribution in [2.75, 3.05) is 18.6 Å². The molecular formula is C13H20N2O3S2. The van der Waals surface area contributed by atoms with Crippen LogP contribution >= 0.6 is 23.1 Å². The Morgan fingerprint density at radius 1 is 1.55 bits per heavy atom. The minimum absolute atomic E-state index is 0.325. The third-order valence-electron chi connectivity index (χ3n) is 2.80. The van der Waals surface area contributed by atoms with Gasteiger partial charge in [-0.15, -0.1) is 11.3 Å². The number of thioether (sulfide) groups is 1. The number of rotatable bonds is 8. The van der Waals surface area contributed by atoms with Gasteiger partial charge in [0.1, 0.15) is 6.04 Å². The molecule has 0 saturated heterocycles. The first kappa shape index (κ1) is 16.8. The number of thiophene rings is 1. The largest absolute Gasteiger partial charge is 0.480 e. The highest BCUT2D eigenvalue weighted by atomic mass is 32.2. The van der Waals surface area contributed by atoms with Crippen LogP contribution in [0.2, 0.25) is 0 Å². The second-order valence-corrected chi connectivity index (χ2v) is 6.23. The Bertz CT molecular complexity index is 423. The SMILES string of the molecule is CCN(Cc1cccs1)C(=O)N[C@@H](CCSC)C(=O)O. The molecule has 0 unspecified atom stereocenters. The van der Waals surface area contributed by atoms with Gasteiger partial charge in [0, 0.05) is 11.4 Å². The molecule has 7 heteroatoms. The Morgan fingerprint density at radius 3 is 2.80 bits per heavy atom. The highest BCUT2D eigenvalue weighted by molar-refractivity contribution is 7.98. The van der Waals surface area contributed by atoms with Crippen molar-refractivity contribution in [1.82, 2.24) is 10.2 Å². The number of aliphatic carboxylic acids is 1. The lowest BCUT2D eigenvalue weighted by molar-refractivity contribution is -0.139. The van der Waals surface area contributed by atoms with Crippen molar-refractivity contribution in [3.63, 3.8) is 0 Å². The molecule has 0 aromatic carbocycles. The second kappa shape index (κ2) is 8.86. The van der Waals surface area contributed by atoms with Crippen molar-refractivity contribution in [2.24, 2.45) is 0 Å². The second-order valence-electron chi connectivity index (χ2n) is 4.22. The molecular weight excluding hydrogens is 296 g/mol. The molecule has 1 aromatic heterocycles. The number of amides is 2. The van der Waals surface area contributed by atoms with Crippen molar-refractivity contribution in [3.05, 3.63) is 22.4 Å². The third-order valence-corrected chi connectivity index (χ3v) is 4.31. The Hall–Kier alpha value is -1.21. The fraction of sp³-hybridized carbons (Fsp3) is 0.538. The van der Waals surface area contributed by atoms with Gasteiger partial charge in [-0.3, -0.25) is 0 Å². The van der Waals surface area contributed by atoms with E-state index in [-0.39, 0.29) is 6.03 Å². The van der Waals surface area contributed by atoms with E-state index in [2.05, 4.69) is 5.32 Å². The van der Waals surface area contributed by atoms with E-state index in [0.29, 0.717) is 25.3 Å². The molecule has 0 aliphatic heterocycles. The standard InChI is InChI=1S/C13H20N2O3S2/c1-3-15(9-10-5-4-7-20-10)13(18)14-11(12(16)17)6-8-19-2/h4-5,7,11H,3,6,8-9H2,1-2H3,(H,14,18)(H,16,17)/t11-/m0/s1. The molecule has 1 aromatic rings. The molecule has 1 atom stereocenters. The Balaban J connectivity index is 2.58. The lowest BCUT2D eigenvalue weighted by atomic mass is 10.2. The zero-order chi connectivity index (χ0) is 15.0. The van der Waals surface area contributed by atoms with Crippen molar-refractivity contribution in [1.29, 1.82) is 0 Å². The van der Waals surface area contributed by atoms with E-state index in [4.69, 9.17) is 5.11 Å². The third kappa shape index (κ3) is 5.42. The van der Waals surface area contributed by atoms with Crippen molar-refractivity contribution < 1.29 is 14.7 Å². The summed E-state index contributed by atoms with van der Waals surface area (Å²) in [5.41, 5.74) is 0. The van der Waals surface area contributed by atoms with Gasteiger partial charge in [0.15, 0.2) is 0 Å². The molecule has 1 heterocycles. The maximum atomic E-state index is 12.1. The topological polar surface area (TPSA) is 69.6 Å². The predicted molar refractivity (Wildman–Crippen MR) is 83.4 cm³/mol. The summed E-state index contributed by atoms with van der Waals surface area (Å²) in [6, 6.07) is 2.74. The molecule has 2 amide bonds. The lowest BCUT2D eigenvalue weighted by Crippen LogP contribution is -2.47. The van der Waals surface area contributed by atoms with Gasteiger partial charge in [-0.2, -0.15) is 11.8 Å². The van der Waals surface area contributed by atoms with Crippen molar-refractivity contribution in [3.8, 4) is 0 Å². The Morgan fingerprint density at radius 2 is 2.30 bits per heavy atom. The zero-order valence-corrected chi connectivity index (χ0v) is 13.3. The van der Waals surface area contributed by atoms with Crippen LogP contribution in [0.1, 0.15) is 18.2 Å². The molecule has 0 aliphatic carbocycles. The average Bonchev–Trinajstić information content (AvgIpc) is 2.93. The Kier molecular flexibility index (Phi) is 7.46. The zero-order valence-electron chi connectivity index (χ0n) is 11.7. The van der Waals surface area contributed by atoms with E-state index in [1.807, 2.05) is 30.7 Å². The molecule has 0 bridgehead atoms. The fourth-order valence-corrected chi connectivity index (χ4v) is 2.84. The molecule has 0 saturated carbocycles. The van der Waals surface area contributed by atoms with Gasteiger partial charge in [-0.05, 0) is 36.8 Å². The van der Waals surface area contributed by atoms with E-state index in [0.717, 1.165) is 4.88 Å². The summed E-state index contributed by atoms with van der Waals surface area (Å²) < 4.78 is 0. The molecule has 0 fully saturated rings. The van der Waals surface area contributed by atoms with Crippen molar-refractivity contribution >= 4 is 35.1 Å². The van der Waals surface area contributed by atoms with Crippen LogP contribution in [0.4, 0.5) is 4.79 Å². The number of hydrogen-bond acceptors (Lipinski definition) is 4. The van der Waals surface area contributed by atoms with Gasteiger partial charge in [0.2, 0.25) is 0 Å². The van der Waals surface area contributed by atoms with Crippen LogP contribution in [0.5, 0.6) is 0 Å². The summed E-state index contributed by atoms with van der Waals surface area (Å²) in [6.07, 6.45) is 2.34. The van der Waals surface area contributed by atoms with Crippen LogP contribution < -0.4 is 5.32 Å². The van der Waals surface area contributed by atoms with E-state index in [1.165, 1.54) is 0 Å². The summed E-state index contributed by atoms with van der Waals surface area (Å²) >= 11 is 3.15. The van der Waals surface area contributed by atoms with Gasteiger partial charge < -0.3 is 15.3 Å². The van der Waals surface area contributed by atoms with E-state index >= 15 is 0 Å². The number of nitrogens with zero attached hydrogens (tertiary/aromatic N) is 1. The van der Waals surface area contributed by atoms with Crippen LogP contribution in [0.3, 0.4) is 0 Å². The Labute approximate surface area is 127 Å². The first-order valence-corrected chi connectivity index (χ1v) is 8.65. The normalized spacial score (nSPS) is 11.9. The first-order chi connectivity index (χ1) is 9.58. The van der Waals surface area contributed by atoms with Crippen LogP contribution in [-0.2, 0) is 11.3 Å². The molecule has 5 nitrogen and oxygen atoms in total. The number of carboxylic acids is 1. The number of urea groups is 1.